The van der Waals surface area contributed by atoms with Crippen LogP contribution < -0.4 is 5.73 Å². The summed E-state index contributed by atoms with van der Waals surface area (Å²) in [5, 5.41) is 0.719. The molecule has 2 atom stereocenters. The molecule has 1 aromatic rings. The molecule has 0 heterocycles. The van der Waals surface area contributed by atoms with Gasteiger partial charge in [0.2, 0.25) is 0 Å². The third kappa shape index (κ3) is 4.66. The van der Waals surface area contributed by atoms with Gasteiger partial charge < -0.3 is 5.73 Å². The van der Waals surface area contributed by atoms with E-state index in [1.807, 2.05) is 11.8 Å². The first-order valence-electron chi connectivity index (χ1n) is 6.88. The Morgan fingerprint density at radius 2 is 1.72 bits per heavy atom. The van der Waals surface area contributed by atoms with Crippen molar-refractivity contribution >= 4 is 11.8 Å². The van der Waals surface area contributed by atoms with Gasteiger partial charge in [-0.1, -0.05) is 31.5 Å². The molecule has 0 aliphatic heterocycles. The second-order valence-corrected chi connectivity index (χ2v) is 6.87. The summed E-state index contributed by atoms with van der Waals surface area (Å²) in [7, 11) is 0. The van der Waals surface area contributed by atoms with Gasteiger partial charge in [0.05, 0.1) is 0 Å². The van der Waals surface area contributed by atoms with Crippen LogP contribution in [-0.2, 0) is 6.42 Å². The van der Waals surface area contributed by atoms with Crippen molar-refractivity contribution in [1.29, 1.82) is 0 Å². The molecule has 0 bridgehead atoms. The molecule has 0 saturated heterocycles. The third-order valence-corrected chi connectivity index (χ3v) is 5.00. The summed E-state index contributed by atoms with van der Waals surface area (Å²) in [6, 6.07) is 4.79. The molecule has 0 spiro atoms. The monoisotopic (exact) mass is 265 g/mol. The minimum atomic E-state index is 0.268. The average molecular weight is 265 g/mol. The van der Waals surface area contributed by atoms with Crippen molar-refractivity contribution in [2.75, 3.05) is 5.75 Å². The zero-order chi connectivity index (χ0) is 13.7. The molecular formula is C16H27NS. The maximum absolute atomic E-state index is 6.26. The normalized spacial score (nSPS) is 14.6. The second kappa shape index (κ2) is 7.20. The average Bonchev–Trinajstić information content (AvgIpc) is 2.30. The number of benzene rings is 1. The van der Waals surface area contributed by atoms with Crippen LogP contribution >= 0.6 is 11.8 Å². The largest absolute Gasteiger partial charge is 0.327 e. The van der Waals surface area contributed by atoms with Crippen LogP contribution in [0.2, 0.25) is 0 Å². The summed E-state index contributed by atoms with van der Waals surface area (Å²) in [5.74, 6) is 1.06. The molecule has 18 heavy (non-hydrogen) atoms. The molecule has 0 aliphatic rings. The maximum atomic E-state index is 6.26. The summed E-state index contributed by atoms with van der Waals surface area (Å²) >= 11 is 1.99. The highest BCUT2D eigenvalue weighted by molar-refractivity contribution is 7.99. The van der Waals surface area contributed by atoms with Gasteiger partial charge in [0, 0.05) is 17.0 Å². The molecule has 1 nitrogen and oxygen atoms in total. The van der Waals surface area contributed by atoms with Crippen LogP contribution in [0.5, 0.6) is 0 Å². The number of hydrogen-bond acceptors (Lipinski definition) is 2. The first-order chi connectivity index (χ1) is 8.43. The van der Waals surface area contributed by atoms with Gasteiger partial charge >= 0.3 is 0 Å². The van der Waals surface area contributed by atoms with E-state index in [1.54, 1.807) is 0 Å². The molecule has 0 amide bonds. The standard InChI is InChI=1S/C16H27NS/c1-6-14(5)18-10-15(17)9-16-12(3)7-11(2)8-13(16)4/h7-8,14-15H,6,9-10,17H2,1-5H3. The Hall–Kier alpha value is -0.470. The Bertz CT molecular complexity index is 364. The first-order valence-corrected chi connectivity index (χ1v) is 7.92. The third-order valence-electron chi connectivity index (χ3n) is 3.48. The predicted molar refractivity (Wildman–Crippen MR) is 84.5 cm³/mol. The van der Waals surface area contributed by atoms with E-state index in [0.717, 1.165) is 17.4 Å². The van der Waals surface area contributed by atoms with Crippen molar-refractivity contribution in [2.24, 2.45) is 5.73 Å². The molecular weight excluding hydrogens is 238 g/mol. The highest BCUT2D eigenvalue weighted by atomic mass is 32.2. The summed E-state index contributed by atoms with van der Waals surface area (Å²) in [6.07, 6.45) is 2.22. The molecule has 0 radical (unpaired) electrons. The van der Waals surface area contributed by atoms with Gasteiger partial charge in [-0.05, 0) is 50.3 Å². The summed E-state index contributed by atoms with van der Waals surface area (Å²) in [4.78, 5) is 0. The summed E-state index contributed by atoms with van der Waals surface area (Å²) in [5.41, 5.74) is 11.8. The zero-order valence-electron chi connectivity index (χ0n) is 12.4. The fraction of sp³-hybridized carbons (Fsp3) is 0.625. The van der Waals surface area contributed by atoms with Crippen LogP contribution in [0, 0.1) is 20.8 Å². The van der Waals surface area contributed by atoms with Crippen molar-refractivity contribution in [1.82, 2.24) is 0 Å². The number of aryl methyl sites for hydroxylation is 3. The fourth-order valence-corrected chi connectivity index (χ4v) is 3.19. The Labute approximate surface area is 117 Å². The van der Waals surface area contributed by atoms with Gasteiger partial charge in [-0.2, -0.15) is 11.8 Å². The van der Waals surface area contributed by atoms with Crippen LogP contribution in [0.25, 0.3) is 0 Å². The predicted octanol–water partition coefficient (Wildman–Crippen LogP) is 4.01. The lowest BCUT2D eigenvalue weighted by Crippen LogP contribution is -2.27. The van der Waals surface area contributed by atoms with Crippen molar-refractivity contribution < 1.29 is 0 Å². The van der Waals surface area contributed by atoms with E-state index in [4.69, 9.17) is 5.73 Å². The Morgan fingerprint density at radius 3 is 2.22 bits per heavy atom. The van der Waals surface area contributed by atoms with E-state index < -0.39 is 0 Å². The zero-order valence-corrected chi connectivity index (χ0v) is 13.2. The van der Waals surface area contributed by atoms with Crippen molar-refractivity contribution in [2.45, 2.75) is 58.8 Å². The molecule has 0 saturated carbocycles. The highest BCUT2D eigenvalue weighted by Gasteiger charge is 2.11. The topological polar surface area (TPSA) is 26.0 Å². The molecule has 1 rings (SSSR count). The fourth-order valence-electron chi connectivity index (χ4n) is 2.26. The number of thioether (sulfide) groups is 1. The van der Waals surface area contributed by atoms with Gasteiger partial charge in [-0.25, -0.2) is 0 Å². The Morgan fingerprint density at radius 1 is 1.17 bits per heavy atom. The lowest BCUT2D eigenvalue weighted by atomic mass is 9.95. The minimum absolute atomic E-state index is 0.268. The molecule has 2 unspecified atom stereocenters. The van der Waals surface area contributed by atoms with Gasteiger partial charge in [-0.15, -0.1) is 0 Å². The molecule has 1 aromatic carbocycles. The lowest BCUT2D eigenvalue weighted by Gasteiger charge is -2.17. The Balaban J connectivity index is 2.62. The van der Waals surface area contributed by atoms with Crippen LogP contribution in [0.4, 0.5) is 0 Å². The van der Waals surface area contributed by atoms with E-state index in [2.05, 4.69) is 46.8 Å². The molecule has 0 aromatic heterocycles. The summed E-state index contributed by atoms with van der Waals surface area (Å²) < 4.78 is 0. The molecule has 2 N–H and O–H groups in total. The van der Waals surface area contributed by atoms with Crippen molar-refractivity contribution in [3.63, 3.8) is 0 Å². The lowest BCUT2D eigenvalue weighted by molar-refractivity contribution is 0.738. The Kier molecular flexibility index (Phi) is 6.24. The van der Waals surface area contributed by atoms with E-state index in [1.165, 1.54) is 28.7 Å². The van der Waals surface area contributed by atoms with Gasteiger partial charge in [0.1, 0.15) is 0 Å². The second-order valence-electron chi connectivity index (χ2n) is 5.39. The van der Waals surface area contributed by atoms with Crippen LogP contribution in [0.15, 0.2) is 12.1 Å². The SMILES string of the molecule is CCC(C)SCC(N)Cc1c(C)cc(C)cc1C. The molecule has 0 fully saturated rings. The minimum Gasteiger partial charge on any atom is -0.327 e. The van der Waals surface area contributed by atoms with Gasteiger partial charge in [-0.3, -0.25) is 0 Å². The van der Waals surface area contributed by atoms with Crippen molar-refractivity contribution in [3.05, 3.63) is 34.4 Å². The van der Waals surface area contributed by atoms with E-state index >= 15 is 0 Å². The van der Waals surface area contributed by atoms with Crippen molar-refractivity contribution in [3.8, 4) is 0 Å². The van der Waals surface area contributed by atoms with Crippen LogP contribution in [0.3, 0.4) is 0 Å². The van der Waals surface area contributed by atoms with E-state index in [-0.39, 0.29) is 6.04 Å². The van der Waals surface area contributed by atoms with Gasteiger partial charge in [0.15, 0.2) is 0 Å². The highest BCUT2D eigenvalue weighted by Crippen LogP contribution is 2.20. The van der Waals surface area contributed by atoms with Crippen LogP contribution in [-0.4, -0.2) is 17.0 Å². The smallest absolute Gasteiger partial charge is 0.0171 e. The van der Waals surface area contributed by atoms with E-state index in [0.29, 0.717) is 0 Å². The molecule has 102 valence electrons. The first kappa shape index (κ1) is 15.6. The molecule has 2 heteroatoms. The number of nitrogens with two attached hydrogens (primary N) is 1. The maximum Gasteiger partial charge on any atom is 0.0171 e. The number of rotatable bonds is 6. The molecule has 0 aliphatic carbocycles. The van der Waals surface area contributed by atoms with Crippen LogP contribution in [0.1, 0.15) is 42.5 Å². The quantitative estimate of drug-likeness (QED) is 0.841. The summed E-state index contributed by atoms with van der Waals surface area (Å²) in [6.45, 7) is 11.1. The van der Waals surface area contributed by atoms with Gasteiger partial charge in [0.25, 0.3) is 0 Å². The number of hydrogen-bond donors (Lipinski definition) is 1. The van der Waals surface area contributed by atoms with E-state index in [9.17, 15) is 0 Å².